The molecule has 1 amide bonds. The molecule has 0 aliphatic heterocycles. The Morgan fingerprint density at radius 3 is 2.24 bits per heavy atom. The molecule has 0 atom stereocenters. The summed E-state index contributed by atoms with van der Waals surface area (Å²) in [5.74, 6) is 1.61. The van der Waals surface area contributed by atoms with Crippen LogP contribution >= 0.6 is 0 Å². The molecule has 0 aliphatic rings. The number of rotatable bonds is 7. The Balaban J connectivity index is 1.83. The molecule has 8 nitrogen and oxygen atoms in total. The van der Waals surface area contributed by atoms with E-state index in [1.165, 1.54) is 13.4 Å². The van der Waals surface area contributed by atoms with Gasteiger partial charge in [0.05, 0.1) is 21.3 Å². The molecule has 0 radical (unpaired) electrons. The fourth-order valence-corrected chi connectivity index (χ4v) is 2.75. The van der Waals surface area contributed by atoms with E-state index in [9.17, 15) is 4.79 Å². The predicted octanol–water partition coefficient (Wildman–Crippen LogP) is 3.81. The van der Waals surface area contributed by atoms with E-state index in [2.05, 4.69) is 20.6 Å². The van der Waals surface area contributed by atoms with Gasteiger partial charge in [0.15, 0.2) is 11.5 Å². The van der Waals surface area contributed by atoms with Crippen LogP contribution in [-0.4, -0.2) is 37.2 Å². The number of aromatic nitrogens is 2. The molecule has 0 aliphatic carbocycles. The molecular weight excluding hydrogens is 372 g/mol. The first-order chi connectivity index (χ1) is 14.0. The number of amides is 1. The average molecular weight is 394 g/mol. The second-order valence-corrected chi connectivity index (χ2v) is 6.10. The Morgan fingerprint density at radius 1 is 0.931 bits per heavy atom. The Hall–Kier alpha value is -3.81. The Kier molecular flexibility index (Phi) is 6.13. The SMILES string of the molecule is COc1cc(Nc2cc(C(=O)Nc3ccccc3C)ncn2)cc(OC)c1OC. The van der Waals surface area contributed by atoms with E-state index in [0.29, 0.717) is 28.8 Å². The summed E-state index contributed by atoms with van der Waals surface area (Å²) >= 11 is 0. The first-order valence-corrected chi connectivity index (χ1v) is 8.81. The maximum absolute atomic E-state index is 12.6. The van der Waals surface area contributed by atoms with Crippen molar-refractivity contribution in [1.29, 1.82) is 0 Å². The zero-order valence-electron chi connectivity index (χ0n) is 16.6. The Bertz CT molecular complexity index is 998. The van der Waals surface area contributed by atoms with Gasteiger partial charge in [-0.2, -0.15) is 0 Å². The van der Waals surface area contributed by atoms with Gasteiger partial charge in [0.25, 0.3) is 5.91 Å². The van der Waals surface area contributed by atoms with Crippen LogP contribution in [0.25, 0.3) is 0 Å². The molecule has 0 spiro atoms. The van der Waals surface area contributed by atoms with Gasteiger partial charge >= 0.3 is 0 Å². The van der Waals surface area contributed by atoms with E-state index in [1.807, 2.05) is 31.2 Å². The van der Waals surface area contributed by atoms with E-state index in [-0.39, 0.29) is 11.6 Å². The van der Waals surface area contributed by atoms with Crippen LogP contribution in [0.5, 0.6) is 17.2 Å². The third-order valence-corrected chi connectivity index (χ3v) is 4.23. The van der Waals surface area contributed by atoms with Crippen LogP contribution in [0.3, 0.4) is 0 Å². The highest BCUT2D eigenvalue weighted by molar-refractivity contribution is 6.03. The van der Waals surface area contributed by atoms with Crippen molar-refractivity contribution in [3.05, 3.63) is 60.0 Å². The lowest BCUT2D eigenvalue weighted by Gasteiger charge is -2.15. The van der Waals surface area contributed by atoms with E-state index in [0.717, 1.165) is 11.3 Å². The highest BCUT2D eigenvalue weighted by atomic mass is 16.5. The first-order valence-electron chi connectivity index (χ1n) is 8.81. The predicted molar refractivity (Wildman–Crippen MR) is 111 cm³/mol. The number of para-hydroxylation sites is 1. The van der Waals surface area contributed by atoms with Crippen molar-refractivity contribution < 1.29 is 19.0 Å². The first kappa shape index (κ1) is 19.9. The van der Waals surface area contributed by atoms with Gasteiger partial charge in [-0.3, -0.25) is 4.79 Å². The normalized spacial score (nSPS) is 10.2. The summed E-state index contributed by atoms with van der Waals surface area (Å²) in [6.45, 7) is 1.92. The highest BCUT2D eigenvalue weighted by Crippen LogP contribution is 2.40. The molecule has 3 rings (SSSR count). The lowest BCUT2D eigenvalue weighted by molar-refractivity contribution is 0.102. The highest BCUT2D eigenvalue weighted by Gasteiger charge is 2.15. The minimum absolute atomic E-state index is 0.234. The van der Waals surface area contributed by atoms with Crippen LogP contribution in [0.2, 0.25) is 0 Å². The molecule has 1 heterocycles. The number of anilines is 3. The van der Waals surface area contributed by atoms with Gasteiger partial charge in [0.2, 0.25) is 5.75 Å². The van der Waals surface area contributed by atoms with Crippen molar-refractivity contribution in [3.8, 4) is 17.2 Å². The van der Waals surface area contributed by atoms with Crippen LogP contribution in [0.15, 0.2) is 48.8 Å². The molecule has 0 saturated heterocycles. The van der Waals surface area contributed by atoms with Crippen molar-refractivity contribution in [2.24, 2.45) is 0 Å². The van der Waals surface area contributed by atoms with Crippen LogP contribution in [0.1, 0.15) is 16.1 Å². The van der Waals surface area contributed by atoms with Gasteiger partial charge in [-0.1, -0.05) is 18.2 Å². The van der Waals surface area contributed by atoms with E-state index in [4.69, 9.17) is 14.2 Å². The zero-order chi connectivity index (χ0) is 20.8. The number of nitrogens with zero attached hydrogens (tertiary/aromatic N) is 2. The second-order valence-electron chi connectivity index (χ2n) is 6.10. The summed E-state index contributed by atoms with van der Waals surface area (Å²) in [4.78, 5) is 20.8. The number of methoxy groups -OCH3 is 3. The Morgan fingerprint density at radius 2 is 1.62 bits per heavy atom. The fraction of sp³-hybridized carbons (Fsp3) is 0.190. The molecule has 8 heteroatoms. The number of hydrogen-bond acceptors (Lipinski definition) is 7. The van der Waals surface area contributed by atoms with Gasteiger partial charge in [-0.05, 0) is 18.6 Å². The minimum atomic E-state index is -0.324. The number of ether oxygens (including phenoxy) is 3. The van der Waals surface area contributed by atoms with E-state index >= 15 is 0 Å². The molecule has 2 aromatic carbocycles. The number of benzene rings is 2. The van der Waals surface area contributed by atoms with Crippen molar-refractivity contribution in [2.45, 2.75) is 6.92 Å². The van der Waals surface area contributed by atoms with Crippen LogP contribution in [-0.2, 0) is 0 Å². The van der Waals surface area contributed by atoms with Gasteiger partial charge in [-0.25, -0.2) is 9.97 Å². The zero-order valence-corrected chi connectivity index (χ0v) is 16.6. The van der Waals surface area contributed by atoms with Crippen LogP contribution in [0.4, 0.5) is 17.2 Å². The van der Waals surface area contributed by atoms with Crippen LogP contribution < -0.4 is 24.8 Å². The summed E-state index contributed by atoms with van der Waals surface area (Å²) in [6.07, 6.45) is 1.33. The van der Waals surface area contributed by atoms with Crippen LogP contribution in [0, 0.1) is 6.92 Å². The molecule has 150 valence electrons. The molecule has 1 aromatic heterocycles. The summed E-state index contributed by atoms with van der Waals surface area (Å²) in [7, 11) is 4.62. The molecule has 3 aromatic rings. The lowest BCUT2D eigenvalue weighted by Crippen LogP contribution is -2.15. The van der Waals surface area contributed by atoms with Crippen molar-refractivity contribution in [2.75, 3.05) is 32.0 Å². The lowest BCUT2D eigenvalue weighted by atomic mass is 10.2. The molecule has 0 saturated carbocycles. The molecule has 0 unspecified atom stereocenters. The monoisotopic (exact) mass is 394 g/mol. The third kappa shape index (κ3) is 4.55. The minimum Gasteiger partial charge on any atom is -0.493 e. The smallest absolute Gasteiger partial charge is 0.274 e. The topological polar surface area (TPSA) is 94.6 Å². The molecule has 0 bridgehead atoms. The van der Waals surface area contributed by atoms with Gasteiger partial charge in [-0.15, -0.1) is 0 Å². The Labute approximate surface area is 168 Å². The number of carbonyl (C=O) groups excluding carboxylic acids is 1. The number of hydrogen-bond donors (Lipinski definition) is 2. The third-order valence-electron chi connectivity index (χ3n) is 4.23. The maximum Gasteiger partial charge on any atom is 0.274 e. The van der Waals surface area contributed by atoms with Gasteiger partial charge < -0.3 is 24.8 Å². The van der Waals surface area contributed by atoms with Gasteiger partial charge in [0.1, 0.15) is 17.8 Å². The summed E-state index contributed by atoms with van der Waals surface area (Å²) in [5, 5.41) is 5.98. The standard InChI is InChI=1S/C21H22N4O4/c1-13-7-5-6-8-15(13)25-21(26)16-11-19(23-12-22-16)24-14-9-17(27-2)20(29-4)18(10-14)28-3/h5-12H,1-4H3,(H,25,26)(H,22,23,24). The fourth-order valence-electron chi connectivity index (χ4n) is 2.75. The van der Waals surface area contributed by atoms with Crippen molar-refractivity contribution >= 4 is 23.1 Å². The van der Waals surface area contributed by atoms with E-state index in [1.54, 1.807) is 32.4 Å². The molecular formula is C21H22N4O4. The molecule has 29 heavy (non-hydrogen) atoms. The largest absolute Gasteiger partial charge is 0.493 e. The summed E-state index contributed by atoms with van der Waals surface area (Å²) in [5.41, 5.74) is 2.59. The van der Waals surface area contributed by atoms with Crippen molar-refractivity contribution in [3.63, 3.8) is 0 Å². The quantitative estimate of drug-likeness (QED) is 0.629. The summed E-state index contributed by atoms with van der Waals surface area (Å²) in [6, 6.07) is 12.6. The average Bonchev–Trinajstić information content (AvgIpc) is 2.74. The summed E-state index contributed by atoms with van der Waals surface area (Å²) < 4.78 is 16.0. The maximum atomic E-state index is 12.6. The van der Waals surface area contributed by atoms with E-state index < -0.39 is 0 Å². The number of aryl methyl sites for hydroxylation is 1. The molecule has 0 fully saturated rings. The second kappa shape index (κ2) is 8.92. The van der Waals surface area contributed by atoms with Gasteiger partial charge in [0, 0.05) is 29.6 Å². The molecule has 2 N–H and O–H groups in total. The number of carbonyl (C=O) groups is 1. The van der Waals surface area contributed by atoms with Crippen molar-refractivity contribution in [1.82, 2.24) is 9.97 Å². The number of nitrogens with one attached hydrogen (secondary N) is 2.